The van der Waals surface area contributed by atoms with Gasteiger partial charge in [-0.2, -0.15) is 4.98 Å². The molecule has 100 valence electrons. The maximum absolute atomic E-state index is 13.6. The zero-order valence-electron chi connectivity index (χ0n) is 10.5. The fraction of sp³-hybridized carbons (Fsp3) is 0.385. The molecule has 0 aliphatic carbocycles. The third-order valence-corrected chi connectivity index (χ3v) is 3.21. The van der Waals surface area contributed by atoms with Gasteiger partial charge in [-0.05, 0) is 37.6 Å². The van der Waals surface area contributed by atoms with Gasteiger partial charge in [0.2, 0.25) is 11.7 Å². The second-order valence-corrected chi connectivity index (χ2v) is 4.45. The smallest absolute Gasteiger partial charge is 0.244 e. The largest absolute Gasteiger partial charge is 0.494 e. The molecule has 0 radical (unpaired) electrons. The molecule has 0 bridgehead atoms. The van der Waals surface area contributed by atoms with E-state index in [1.165, 1.54) is 13.2 Å². The molecule has 2 aromatic rings. The molecule has 1 aliphatic rings. The summed E-state index contributed by atoms with van der Waals surface area (Å²) in [7, 11) is 1.43. The predicted molar refractivity (Wildman–Crippen MR) is 66.2 cm³/mol. The van der Waals surface area contributed by atoms with Gasteiger partial charge in [0.15, 0.2) is 11.6 Å². The van der Waals surface area contributed by atoms with Crippen LogP contribution in [0.5, 0.6) is 5.75 Å². The average Bonchev–Trinajstić information content (AvgIpc) is 3.09. The number of aromatic nitrogens is 2. The molecule has 1 aromatic heterocycles. The van der Waals surface area contributed by atoms with Crippen LogP contribution in [0.3, 0.4) is 0 Å². The molecule has 0 saturated carbocycles. The fourth-order valence-corrected chi connectivity index (χ4v) is 2.19. The van der Waals surface area contributed by atoms with Crippen molar-refractivity contribution in [3.05, 3.63) is 29.9 Å². The Morgan fingerprint density at radius 3 is 3.05 bits per heavy atom. The van der Waals surface area contributed by atoms with Crippen molar-refractivity contribution >= 4 is 0 Å². The minimum atomic E-state index is -0.439. The lowest BCUT2D eigenvalue weighted by Gasteiger charge is -2.02. The Hall–Kier alpha value is -1.95. The first-order chi connectivity index (χ1) is 9.28. The minimum Gasteiger partial charge on any atom is -0.494 e. The first-order valence-corrected chi connectivity index (χ1v) is 6.19. The van der Waals surface area contributed by atoms with E-state index in [9.17, 15) is 4.39 Å². The second kappa shape index (κ2) is 4.97. The molecule has 1 aromatic carbocycles. The molecule has 19 heavy (non-hydrogen) atoms. The standard InChI is InChI=1S/C13H14FN3O2/c1-18-11-5-4-8(7-9(11)14)12-16-13(19-17-12)10-3-2-6-15-10/h4-5,7,10,15H,2-3,6H2,1H3. The fourth-order valence-electron chi connectivity index (χ4n) is 2.19. The van der Waals surface area contributed by atoms with Gasteiger partial charge in [0, 0.05) is 5.56 Å². The molecule has 1 N–H and O–H groups in total. The molecule has 1 saturated heterocycles. The summed E-state index contributed by atoms with van der Waals surface area (Å²) < 4.78 is 23.7. The topological polar surface area (TPSA) is 60.2 Å². The van der Waals surface area contributed by atoms with Crippen LogP contribution in [0.1, 0.15) is 24.8 Å². The highest BCUT2D eigenvalue weighted by atomic mass is 19.1. The van der Waals surface area contributed by atoms with E-state index in [-0.39, 0.29) is 11.8 Å². The summed E-state index contributed by atoms with van der Waals surface area (Å²) in [6.07, 6.45) is 2.08. The highest BCUT2D eigenvalue weighted by molar-refractivity contribution is 5.56. The van der Waals surface area contributed by atoms with Crippen LogP contribution in [-0.2, 0) is 0 Å². The number of methoxy groups -OCH3 is 1. The lowest BCUT2D eigenvalue weighted by Crippen LogP contribution is -2.12. The van der Waals surface area contributed by atoms with E-state index >= 15 is 0 Å². The van der Waals surface area contributed by atoms with Gasteiger partial charge in [0.1, 0.15) is 0 Å². The number of benzene rings is 1. The van der Waals surface area contributed by atoms with Gasteiger partial charge in [-0.25, -0.2) is 4.39 Å². The van der Waals surface area contributed by atoms with E-state index in [2.05, 4.69) is 15.5 Å². The van der Waals surface area contributed by atoms with Gasteiger partial charge in [-0.15, -0.1) is 0 Å². The van der Waals surface area contributed by atoms with Crippen LogP contribution in [0.25, 0.3) is 11.4 Å². The van der Waals surface area contributed by atoms with Gasteiger partial charge in [0.05, 0.1) is 13.2 Å². The van der Waals surface area contributed by atoms with E-state index in [4.69, 9.17) is 9.26 Å². The van der Waals surface area contributed by atoms with Crippen molar-refractivity contribution < 1.29 is 13.7 Å². The molecule has 1 atom stereocenters. The molecule has 1 aliphatic heterocycles. The van der Waals surface area contributed by atoms with Crippen LogP contribution >= 0.6 is 0 Å². The summed E-state index contributed by atoms with van der Waals surface area (Å²) in [6, 6.07) is 4.72. The summed E-state index contributed by atoms with van der Waals surface area (Å²) in [4.78, 5) is 4.31. The van der Waals surface area contributed by atoms with Gasteiger partial charge >= 0.3 is 0 Å². The molecule has 1 fully saturated rings. The Morgan fingerprint density at radius 2 is 2.37 bits per heavy atom. The Morgan fingerprint density at radius 1 is 1.47 bits per heavy atom. The number of halogens is 1. The van der Waals surface area contributed by atoms with Crippen LogP contribution in [0, 0.1) is 5.82 Å². The first kappa shape index (κ1) is 12.1. The van der Waals surface area contributed by atoms with Crippen molar-refractivity contribution in [2.75, 3.05) is 13.7 Å². The molecular formula is C13H14FN3O2. The second-order valence-electron chi connectivity index (χ2n) is 4.45. The maximum Gasteiger partial charge on any atom is 0.244 e. The van der Waals surface area contributed by atoms with Crippen molar-refractivity contribution in [2.45, 2.75) is 18.9 Å². The van der Waals surface area contributed by atoms with E-state index in [1.807, 2.05) is 0 Å². The summed E-state index contributed by atoms with van der Waals surface area (Å²) in [5, 5.41) is 7.17. The van der Waals surface area contributed by atoms with Crippen LogP contribution in [0.2, 0.25) is 0 Å². The van der Waals surface area contributed by atoms with Crippen molar-refractivity contribution in [2.24, 2.45) is 0 Å². The lowest BCUT2D eigenvalue weighted by molar-refractivity contribution is 0.345. The Bertz CT molecular complexity index is 579. The molecule has 3 rings (SSSR count). The van der Waals surface area contributed by atoms with Crippen molar-refractivity contribution in [1.82, 2.24) is 15.5 Å². The Labute approximate surface area is 109 Å². The lowest BCUT2D eigenvalue weighted by atomic mass is 10.2. The third-order valence-electron chi connectivity index (χ3n) is 3.21. The van der Waals surface area contributed by atoms with E-state index in [0.29, 0.717) is 17.3 Å². The first-order valence-electron chi connectivity index (χ1n) is 6.19. The number of nitrogens with zero attached hydrogens (tertiary/aromatic N) is 2. The van der Waals surface area contributed by atoms with Crippen LogP contribution in [0.15, 0.2) is 22.7 Å². The predicted octanol–water partition coefficient (Wildman–Crippen LogP) is 2.31. The number of rotatable bonds is 3. The quantitative estimate of drug-likeness (QED) is 0.920. The van der Waals surface area contributed by atoms with Gasteiger partial charge in [-0.3, -0.25) is 0 Å². The molecule has 0 amide bonds. The molecule has 5 nitrogen and oxygen atoms in total. The van der Waals surface area contributed by atoms with Crippen molar-refractivity contribution in [1.29, 1.82) is 0 Å². The maximum atomic E-state index is 13.6. The van der Waals surface area contributed by atoms with Crippen molar-refractivity contribution in [3.8, 4) is 17.1 Å². The van der Waals surface area contributed by atoms with E-state index in [1.54, 1.807) is 12.1 Å². The molecule has 6 heteroatoms. The van der Waals surface area contributed by atoms with Gasteiger partial charge < -0.3 is 14.6 Å². The van der Waals surface area contributed by atoms with Crippen LogP contribution < -0.4 is 10.1 Å². The highest BCUT2D eigenvalue weighted by Crippen LogP contribution is 2.26. The monoisotopic (exact) mass is 263 g/mol. The number of hydrogen-bond donors (Lipinski definition) is 1. The minimum absolute atomic E-state index is 0.115. The highest BCUT2D eigenvalue weighted by Gasteiger charge is 2.22. The Balaban J connectivity index is 1.87. The molecule has 1 unspecified atom stereocenters. The number of ether oxygens (including phenoxy) is 1. The van der Waals surface area contributed by atoms with Gasteiger partial charge in [0.25, 0.3) is 0 Å². The number of nitrogens with one attached hydrogen (secondary N) is 1. The summed E-state index contributed by atoms with van der Waals surface area (Å²) in [6.45, 7) is 0.958. The SMILES string of the molecule is COc1ccc(-c2noc(C3CCCN3)n2)cc1F. The number of hydrogen-bond acceptors (Lipinski definition) is 5. The Kier molecular flexibility index (Phi) is 3.16. The van der Waals surface area contributed by atoms with Gasteiger partial charge in [-0.1, -0.05) is 5.16 Å². The van der Waals surface area contributed by atoms with Crippen LogP contribution in [0.4, 0.5) is 4.39 Å². The zero-order valence-corrected chi connectivity index (χ0v) is 10.5. The molecule has 2 heterocycles. The third kappa shape index (κ3) is 2.31. The van der Waals surface area contributed by atoms with Crippen LogP contribution in [-0.4, -0.2) is 23.8 Å². The van der Waals surface area contributed by atoms with E-state index < -0.39 is 5.82 Å². The summed E-state index contributed by atoms with van der Waals surface area (Å²) in [5.41, 5.74) is 0.575. The zero-order chi connectivity index (χ0) is 13.2. The van der Waals surface area contributed by atoms with Crippen molar-refractivity contribution in [3.63, 3.8) is 0 Å². The normalized spacial score (nSPS) is 18.7. The molecule has 0 spiro atoms. The average molecular weight is 263 g/mol. The molecular weight excluding hydrogens is 249 g/mol. The summed E-state index contributed by atoms with van der Waals surface area (Å²) in [5.74, 6) is 0.712. The van der Waals surface area contributed by atoms with E-state index in [0.717, 1.165) is 19.4 Å². The summed E-state index contributed by atoms with van der Waals surface area (Å²) >= 11 is 0.